The van der Waals surface area contributed by atoms with E-state index in [1.165, 1.54) is 11.3 Å². The molecule has 5 rings (SSSR count). The van der Waals surface area contributed by atoms with Crippen LogP contribution in [0.4, 0.5) is 0 Å². The average Bonchev–Trinajstić information content (AvgIpc) is 3.67. The summed E-state index contributed by atoms with van der Waals surface area (Å²) in [4.78, 5) is 28.1. The largest absolute Gasteiger partial charge is 0.454 e. The first-order valence-corrected chi connectivity index (χ1v) is 12.0. The molecule has 0 saturated heterocycles. The van der Waals surface area contributed by atoms with Gasteiger partial charge in [0.25, 0.3) is 11.8 Å². The second-order valence-corrected chi connectivity index (χ2v) is 8.94. The number of hydrogen-bond acceptors (Lipinski definition) is 7. The smallest absolute Gasteiger partial charge is 0.273 e. The van der Waals surface area contributed by atoms with Gasteiger partial charge in [-0.05, 0) is 41.1 Å². The lowest BCUT2D eigenvalue weighted by atomic mass is 10.1. The molecule has 178 valence electrons. The van der Waals surface area contributed by atoms with E-state index in [0.29, 0.717) is 41.6 Å². The quantitative estimate of drug-likeness (QED) is 0.377. The van der Waals surface area contributed by atoms with Crippen molar-refractivity contribution in [3.05, 3.63) is 99.6 Å². The topological polar surface area (TPSA) is 93.9 Å². The number of nitrogens with one attached hydrogen (secondary N) is 1. The lowest BCUT2D eigenvalue weighted by Crippen LogP contribution is -2.32. The van der Waals surface area contributed by atoms with Crippen LogP contribution in [0.1, 0.15) is 37.0 Å². The van der Waals surface area contributed by atoms with Gasteiger partial charge in [0, 0.05) is 19.2 Å². The summed E-state index contributed by atoms with van der Waals surface area (Å²) in [5, 5.41) is 8.62. The highest BCUT2D eigenvalue weighted by Gasteiger charge is 2.21. The van der Waals surface area contributed by atoms with E-state index in [0.717, 1.165) is 11.1 Å². The van der Waals surface area contributed by atoms with E-state index >= 15 is 0 Å². The van der Waals surface area contributed by atoms with Gasteiger partial charge in [-0.1, -0.05) is 47.6 Å². The predicted molar refractivity (Wildman–Crippen MR) is 129 cm³/mol. The van der Waals surface area contributed by atoms with Crippen molar-refractivity contribution in [1.82, 2.24) is 15.4 Å². The molecular weight excluding hydrogens is 466 g/mol. The Kier molecular flexibility index (Phi) is 6.76. The lowest BCUT2D eigenvalue weighted by Gasteiger charge is -2.20. The zero-order valence-electron chi connectivity index (χ0n) is 18.8. The fourth-order valence-electron chi connectivity index (χ4n) is 3.72. The molecule has 3 heterocycles. The molecule has 9 heteroatoms. The van der Waals surface area contributed by atoms with E-state index in [1.807, 2.05) is 60.0 Å². The van der Waals surface area contributed by atoms with Crippen LogP contribution < -0.4 is 14.8 Å². The Morgan fingerprint density at radius 1 is 0.971 bits per heavy atom. The highest BCUT2D eigenvalue weighted by molar-refractivity contribution is 7.12. The Bertz CT molecular complexity index is 1300. The molecule has 0 atom stereocenters. The fraction of sp³-hybridized carbons (Fsp3) is 0.192. The standard InChI is InChI=1S/C26H23N3O5S/c30-25(27-15-19-8-9-22-23(13-19)33-17-32-22)21-14-20(34-28-21)16-29(26(31)24-7-4-12-35-24)11-10-18-5-2-1-3-6-18/h1-9,12-14H,10-11,15-17H2,(H,27,30). The number of carbonyl (C=O) groups excluding carboxylic acids is 2. The van der Waals surface area contributed by atoms with Crippen molar-refractivity contribution in [1.29, 1.82) is 0 Å². The van der Waals surface area contributed by atoms with Crippen LogP contribution in [0.5, 0.6) is 11.5 Å². The van der Waals surface area contributed by atoms with Crippen LogP contribution in [-0.2, 0) is 19.5 Å². The third-order valence-corrected chi connectivity index (χ3v) is 6.42. The summed E-state index contributed by atoms with van der Waals surface area (Å²) in [6.07, 6.45) is 0.703. The number of nitrogens with zero attached hydrogens (tertiary/aromatic N) is 2. The molecule has 8 nitrogen and oxygen atoms in total. The van der Waals surface area contributed by atoms with E-state index in [-0.39, 0.29) is 30.8 Å². The molecule has 2 amide bonds. The number of ether oxygens (including phenoxy) is 2. The molecule has 0 radical (unpaired) electrons. The molecule has 0 aliphatic carbocycles. The van der Waals surface area contributed by atoms with Crippen molar-refractivity contribution >= 4 is 23.2 Å². The Hall–Kier alpha value is -4.11. The highest BCUT2D eigenvalue weighted by Crippen LogP contribution is 2.32. The molecule has 0 unspecified atom stereocenters. The zero-order chi connectivity index (χ0) is 24.0. The fourth-order valence-corrected chi connectivity index (χ4v) is 4.41. The van der Waals surface area contributed by atoms with Crippen LogP contribution in [0.2, 0.25) is 0 Å². The summed E-state index contributed by atoms with van der Waals surface area (Å²) in [5.41, 5.74) is 2.17. The van der Waals surface area contributed by atoms with E-state index in [4.69, 9.17) is 14.0 Å². The summed E-state index contributed by atoms with van der Waals surface area (Å²) >= 11 is 1.40. The highest BCUT2D eigenvalue weighted by atomic mass is 32.1. The number of thiophene rings is 1. The number of carbonyl (C=O) groups is 2. The Balaban J connectivity index is 1.22. The van der Waals surface area contributed by atoms with Gasteiger partial charge in [-0.2, -0.15) is 0 Å². The first kappa shape index (κ1) is 22.7. The van der Waals surface area contributed by atoms with Gasteiger partial charge < -0.3 is 24.2 Å². The second-order valence-electron chi connectivity index (χ2n) is 7.99. The third kappa shape index (κ3) is 5.52. The van der Waals surface area contributed by atoms with Gasteiger partial charge in [0.15, 0.2) is 23.0 Å². The molecule has 1 aliphatic rings. The number of rotatable bonds is 9. The number of benzene rings is 2. The van der Waals surface area contributed by atoms with Crippen LogP contribution >= 0.6 is 11.3 Å². The van der Waals surface area contributed by atoms with E-state index < -0.39 is 0 Å². The van der Waals surface area contributed by atoms with E-state index in [1.54, 1.807) is 17.0 Å². The van der Waals surface area contributed by atoms with Gasteiger partial charge >= 0.3 is 0 Å². The van der Waals surface area contributed by atoms with Gasteiger partial charge in [0.1, 0.15) is 0 Å². The zero-order valence-corrected chi connectivity index (χ0v) is 19.6. The molecule has 35 heavy (non-hydrogen) atoms. The van der Waals surface area contributed by atoms with Gasteiger partial charge in [0.05, 0.1) is 11.4 Å². The Labute approximate surface area is 206 Å². The minimum absolute atomic E-state index is 0.0823. The molecule has 0 spiro atoms. The monoisotopic (exact) mass is 489 g/mol. The van der Waals surface area contributed by atoms with Crippen molar-refractivity contribution in [2.45, 2.75) is 19.5 Å². The number of fused-ring (bicyclic) bond motifs is 1. The Morgan fingerprint density at radius 2 is 1.83 bits per heavy atom. The van der Waals surface area contributed by atoms with Gasteiger partial charge in [-0.3, -0.25) is 9.59 Å². The lowest BCUT2D eigenvalue weighted by molar-refractivity contribution is 0.0734. The van der Waals surface area contributed by atoms with Gasteiger partial charge in [-0.25, -0.2) is 0 Å². The predicted octanol–water partition coefficient (Wildman–Crippen LogP) is 4.28. The molecule has 1 N–H and O–H groups in total. The number of amides is 2. The van der Waals surface area contributed by atoms with Crippen LogP contribution in [0.3, 0.4) is 0 Å². The van der Waals surface area contributed by atoms with Crippen LogP contribution in [0.15, 0.2) is 76.6 Å². The second kappa shape index (κ2) is 10.4. The number of hydrogen-bond donors (Lipinski definition) is 1. The van der Waals surface area contributed by atoms with Gasteiger partial charge in [0.2, 0.25) is 6.79 Å². The molecule has 0 fully saturated rings. The summed E-state index contributed by atoms with van der Waals surface area (Å²) in [7, 11) is 0. The van der Waals surface area contributed by atoms with E-state index in [9.17, 15) is 9.59 Å². The maximum absolute atomic E-state index is 13.1. The van der Waals surface area contributed by atoms with Crippen molar-refractivity contribution < 1.29 is 23.6 Å². The minimum Gasteiger partial charge on any atom is -0.454 e. The average molecular weight is 490 g/mol. The maximum atomic E-state index is 13.1. The third-order valence-electron chi connectivity index (χ3n) is 5.56. The van der Waals surface area contributed by atoms with Crippen molar-refractivity contribution in [2.24, 2.45) is 0 Å². The van der Waals surface area contributed by atoms with Crippen molar-refractivity contribution in [2.75, 3.05) is 13.3 Å². The molecule has 2 aromatic heterocycles. The summed E-state index contributed by atoms with van der Waals surface area (Å²) in [6, 6.07) is 20.7. The molecule has 4 aromatic rings. The number of aromatic nitrogens is 1. The molecule has 1 aliphatic heterocycles. The molecule has 0 saturated carbocycles. The normalized spacial score (nSPS) is 11.9. The van der Waals surface area contributed by atoms with Gasteiger partial charge in [-0.15, -0.1) is 11.3 Å². The molecular formula is C26H23N3O5S. The Morgan fingerprint density at radius 3 is 2.66 bits per heavy atom. The summed E-state index contributed by atoms with van der Waals surface area (Å²) < 4.78 is 16.1. The van der Waals surface area contributed by atoms with Crippen LogP contribution in [0, 0.1) is 0 Å². The maximum Gasteiger partial charge on any atom is 0.273 e. The summed E-state index contributed by atoms with van der Waals surface area (Å²) in [5.74, 6) is 1.34. The van der Waals surface area contributed by atoms with E-state index in [2.05, 4.69) is 10.5 Å². The van der Waals surface area contributed by atoms with Crippen molar-refractivity contribution in [3.63, 3.8) is 0 Å². The SMILES string of the molecule is O=C(NCc1ccc2c(c1)OCO2)c1cc(CN(CCc2ccccc2)C(=O)c2cccs2)on1. The van der Waals surface area contributed by atoms with Crippen LogP contribution in [0.25, 0.3) is 0 Å². The van der Waals surface area contributed by atoms with Crippen molar-refractivity contribution in [3.8, 4) is 11.5 Å². The molecule has 2 aromatic carbocycles. The summed E-state index contributed by atoms with van der Waals surface area (Å²) in [6.45, 7) is 1.22. The first-order chi connectivity index (χ1) is 17.2. The van der Waals surface area contributed by atoms with Crippen LogP contribution in [-0.4, -0.2) is 35.2 Å². The first-order valence-electron chi connectivity index (χ1n) is 11.1. The minimum atomic E-state index is -0.363. The molecule has 0 bridgehead atoms.